The van der Waals surface area contributed by atoms with Crippen molar-refractivity contribution < 1.29 is 14.3 Å². The molecule has 0 fully saturated rings. The zero-order valence-corrected chi connectivity index (χ0v) is 9.49. The Bertz CT molecular complexity index is 113. The summed E-state index contributed by atoms with van der Waals surface area (Å²) in [4.78, 5) is 10.4. The lowest BCUT2D eigenvalue weighted by molar-refractivity contribution is -0.108. The van der Waals surface area contributed by atoms with Crippen LogP contribution in [0.1, 0.15) is 20.8 Å². The van der Waals surface area contributed by atoms with Crippen molar-refractivity contribution in [2.24, 2.45) is 0 Å². The van der Waals surface area contributed by atoms with Gasteiger partial charge in [-0.25, -0.2) is 0 Å². The van der Waals surface area contributed by atoms with Crippen LogP contribution in [0.25, 0.3) is 0 Å². The summed E-state index contributed by atoms with van der Waals surface area (Å²) in [6.45, 7) is 7.11. The summed E-state index contributed by atoms with van der Waals surface area (Å²) >= 11 is 0. The van der Waals surface area contributed by atoms with Gasteiger partial charge < -0.3 is 14.3 Å². The second-order valence-electron chi connectivity index (χ2n) is 2.69. The van der Waals surface area contributed by atoms with Crippen LogP contribution in [0.15, 0.2) is 0 Å². The fourth-order valence-corrected chi connectivity index (χ4v) is 2.38. The molecule has 0 aromatic carbocycles. The Morgan fingerprint density at radius 3 is 2.17 bits per heavy atom. The van der Waals surface area contributed by atoms with E-state index >= 15 is 0 Å². The van der Waals surface area contributed by atoms with Gasteiger partial charge in [-0.15, -0.1) is 0 Å². The van der Waals surface area contributed by atoms with E-state index < -0.39 is 9.52 Å². The van der Waals surface area contributed by atoms with Crippen LogP contribution < -0.4 is 0 Å². The Kier molecular flexibility index (Phi) is 7.34. The summed E-state index contributed by atoms with van der Waals surface area (Å²) in [7, 11) is -0.585. The number of aldehydes is 1. The molecule has 0 spiro atoms. The Hall–Kier alpha value is -0.193. The summed E-state index contributed by atoms with van der Waals surface area (Å²) in [5.41, 5.74) is 0.146. The molecule has 0 saturated carbocycles. The number of hydrogen-bond donors (Lipinski definition) is 0. The molecule has 12 heavy (non-hydrogen) atoms. The maximum atomic E-state index is 10.4. The van der Waals surface area contributed by atoms with Crippen LogP contribution in [0.3, 0.4) is 0 Å². The van der Waals surface area contributed by atoms with E-state index in [1.165, 1.54) is 0 Å². The highest BCUT2D eigenvalue weighted by Crippen LogP contribution is 2.03. The Morgan fingerprint density at radius 2 is 1.83 bits per heavy atom. The fraction of sp³-hybridized carbons (Fsp3) is 0.875. The summed E-state index contributed by atoms with van der Waals surface area (Å²) in [6.07, 6.45) is 0.983. The predicted molar refractivity (Wildman–Crippen MR) is 51.1 cm³/mol. The first-order valence-electron chi connectivity index (χ1n) is 4.43. The predicted octanol–water partition coefficient (Wildman–Crippen LogP) is 0.519. The van der Waals surface area contributed by atoms with Crippen molar-refractivity contribution in [1.82, 2.24) is 0 Å². The van der Waals surface area contributed by atoms with Gasteiger partial charge in [0, 0.05) is 18.8 Å². The van der Waals surface area contributed by atoms with E-state index in [1.807, 2.05) is 20.8 Å². The lowest BCUT2D eigenvalue weighted by atomic mass is 10.5. The highest BCUT2D eigenvalue weighted by atomic mass is 28.2. The molecular formula is C8H18O3Si. The lowest BCUT2D eigenvalue weighted by Crippen LogP contribution is -2.27. The zero-order chi connectivity index (χ0) is 9.40. The molecule has 0 bridgehead atoms. The maximum absolute atomic E-state index is 10.4. The van der Waals surface area contributed by atoms with Crippen molar-refractivity contribution >= 4 is 15.8 Å². The number of carbonyl (C=O) groups excluding carboxylic acids is 1. The number of hydrogen-bond acceptors (Lipinski definition) is 3. The van der Waals surface area contributed by atoms with Crippen LogP contribution in [0.2, 0.25) is 5.54 Å². The van der Waals surface area contributed by atoms with Gasteiger partial charge in [-0.05, 0) is 13.8 Å². The van der Waals surface area contributed by atoms with E-state index in [1.54, 1.807) is 0 Å². The van der Waals surface area contributed by atoms with Crippen LogP contribution >= 0.6 is 0 Å². The monoisotopic (exact) mass is 190 g/mol. The van der Waals surface area contributed by atoms with Crippen LogP contribution in [-0.4, -0.2) is 34.9 Å². The average Bonchev–Trinajstić information content (AvgIpc) is 2.05. The van der Waals surface area contributed by atoms with Crippen molar-refractivity contribution in [3.8, 4) is 0 Å². The summed E-state index contributed by atoms with van der Waals surface area (Å²) in [5.74, 6) is -0.0831. The third-order valence-electron chi connectivity index (χ3n) is 1.50. The van der Waals surface area contributed by atoms with E-state index in [-0.39, 0.29) is 11.5 Å². The van der Waals surface area contributed by atoms with Crippen LogP contribution in [0, 0.1) is 0 Å². The van der Waals surface area contributed by atoms with E-state index in [0.717, 1.165) is 6.29 Å². The molecule has 0 aliphatic carbocycles. The standard InChI is InChI=1S/C8H18O3Si/c1-4-10-8(11-5-2)12-7(3)6-9/h6-8H,4-5,12H2,1-3H3. The first-order chi connectivity index (χ1) is 5.74. The minimum Gasteiger partial charge on any atom is -0.357 e. The molecule has 0 saturated heterocycles. The second kappa shape index (κ2) is 7.46. The molecule has 4 heteroatoms. The molecule has 0 N–H and O–H groups in total. The molecule has 0 amide bonds. The molecule has 0 aromatic rings. The van der Waals surface area contributed by atoms with Crippen molar-refractivity contribution in [2.45, 2.75) is 32.2 Å². The molecule has 0 aliphatic heterocycles. The molecular weight excluding hydrogens is 172 g/mol. The molecule has 0 aliphatic rings. The second-order valence-corrected chi connectivity index (χ2v) is 5.12. The molecule has 0 rings (SSSR count). The highest BCUT2D eigenvalue weighted by molar-refractivity contribution is 6.43. The molecule has 0 heterocycles. The van der Waals surface area contributed by atoms with Crippen LogP contribution in [-0.2, 0) is 14.3 Å². The van der Waals surface area contributed by atoms with E-state index in [2.05, 4.69) is 0 Å². The van der Waals surface area contributed by atoms with Gasteiger partial charge in [0.05, 0.1) is 0 Å². The van der Waals surface area contributed by atoms with E-state index in [9.17, 15) is 4.79 Å². The fourth-order valence-electron chi connectivity index (χ4n) is 0.915. The van der Waals surface area contributed by atoms with Gasteiger partial charge in [0.2, 0.25) is 0 Å². The quantitative estimate of drug-likeness (QED) is 0.333. The summed E-state index contributed by atoms with van der Waals surface area (Å²) < 4.78 is 10.7. The third kappa shape index (κ3) is 5.46. The highest BCUT2D eigenvalue weighted by Gasteiger charge is 2.12. The molecule has 0 radical (unpaired) electrons. The van der Waals surface area contributed by atoms with Crippen molar-refractivity contribution in [3.63, 3.8) is 0 Å². The number of carbonyl (C=O) groups is 1. The van der Waals surface area contributed by atoms with Gasteiger partial charge >= 0.3 is 0 Å². The third-order valence-corrected chi connectivity index (χ3v) is 3.29. The van der Waals surface area contributed by atoms with Crippen molar-refractivity contribution in [3.05, 3.63) is 0 Å². The number of ether oxygens (including phenoxy) is 2. The first-order valence-corrected chi connectivity index (χ1v) is 6.06. The molecule has 1 atom stereocenters. The van der Waals surface area contributed by atoms with Gasteiger partial charge in [-0.2, -0.15) is 0 Å². The molecule has 0 aromatic heterocycles. The zero-order valence-electron chi connectivity index (χ0n) is 8.08. The van der Waals surface area contributed by atoms with Gasteiger partial charge in [0.15, 0.2) is 0 Å². The minimum atomic E-state index is -0.585. The summed E-state index contributed by atoms with van der Waals surface area (Å²) in [5, 5.41) is 0. The lowest BCUT2D eigenvalue weighted by Gasteiger charge is -2.17. The normalized spacial score (nSPS) is 14.3. The van der Waals surface area contributed by atoms with Gasteiger partial charge in [-0.3, -0.25) is 0 Å². The van der Waals surface area contributed by atoms with E-state index in [0.29, 0.717) is 13.2 Å². The maximum Gasteiger partial charge on any atom is 0.135 e. The van der Waals surface area contributed by atoms with Gasteiger partial charge in [-0.1, -0.05) is 6.92 Å². The van der Waals surface area contributed by atoms with Gasteiger partial charge in [0.25, 0.3) is 0 Å². The topological polar surface area (TPSA) is 35.5 Å². The Morgan fingerprint density at radius 1 is 1.33 bits per heavy atom. The summed E-state index contributed by atoms with van der Waals surface area (Å²) in [6, 6.07) is 0. The van der Waals surface area contributed by atoms with Gasteiger partial charge in [0.1, 0.15) is 21.7 Å². The largest absolute Gasteiger partial charge is 0.357 e. The van der Waals surface area contributed by atoms with Crippen LogP contribution in [0.5, 0.6) is 0 Å². The molecule has 3 nitrogen and oxygen atoms in total. The van der Waals surface area contributed by atoms with Crippen LogP contribution in [0.4, 0.5) is 0 Å². The molecule has 72 valence electrons. The minimum absolute atomic E-state index is 0.0831. The Balaban J connectivity index is 3.68. The smallest absolute Gasteiger partial charge is 0.135 e. The molecule has 1 unspecified atom stereocenters. The van der Waals surface area contributed by atoms with Crippen molar-refractivity contribution in [1.29, 1.82) is 0 Å². The number of rotatable bonds is 7. The SMILES string of the molecule is CCOC(OCC)[SiH2]C(C)C=O. The average molecular weight is 190 g/mol. The Labute approximate surface area is 76.3 Å². The van der Waals surface area contributed by atoms with E-state index in [4.69, 9.17) is 9.47 Å². The van der Waals surface area contributed by atoms with Crippen molar-refractivity contribution in [2.75, 3.05) is 13.2 Å². The first kappa shape index (κ1) is 11.8.